The molecule has 10 heteroatoms. The van der Waals surface area contributed by atoms with E-state index in [2.05, 4.69) is 21.5 Å². The zero-order chi connectivity index (χ0) is 27.3. The average molecular weight is 526 g/mol. The summed E-state index contributed by atoms with van der Waals surface area (Å²) < 4.78 is 43.1. The lowest BCUT2D eigenvalue weighted by molar-refractivity contribution is -0.184. The summed E-state index contributed by atoms with van der Waals surface area (Å²) in [5, 5.41) is 15.8. The van der Waals surface area contributed by atoms with Gasteiger partial charge in [0.2, 0.25) is 0 Å². The monoisotopic (exact) mass is 525 g/mol. The summed E-state index contributed by atoms with van der Waals surface area (Å²) in [6.07, 6.45) is -4.49. The van der Waals surface area contributed by atoms with Crippen molar-refractivity contribution in [2.45, 2.75) is 37.3 Å². The molecule has 0 saturated carbocycles. The van der Waals surface area contributed by atoms with E-state index in [4.69, 9.17) is 5.73 Å². The molecular formula is C28H30F3N5O2. The average Bonchev–Trinajstić information content (AvgIpc) is 3.37. The van der Waals surface area contributed by atoms with Gasteiger partial charge in [0.05, 0.1) is 12.1 Å². The lowest BCUT2D eigenvalue weighted by Gasteiger charge is -2.32. The molecule has 0 bridgehead atoms. The number of hydrogen-bond acceptors (Lipinski definition) is 6. The van der Waals surface area contributed by atoms with Gasteiger partial charge in [-0.3, -0.25) is 4.79 Å². The van der Waals surface area contributed by atoms with Crippen LogP contribution in [0.4, 0.5) is 18.9 Å². The van der Waals surface area contributed by atoms with Gasteiger partial charge >= 0.3 is 6.18 Å². The van der Waals surface area contributed by atoms with Crippen molar-refractivity contribution < 1.29 is 23.1 Å². The van der Waals surface area contributed by atoms with Crippen LogP contribution >= 0.6 is 0 Å². The number of hydrazine groups is 1. The van der Waals surface area contributed by atoms with Crippen LogP contribution in [0.15, 0.2) is 90.6 Å². The predicted octanol–water partition coefficient (Wildman–Crippen LogP) is 3.59. The Morgan fingerprint density at radius 2 is 1.71 bits per heavy atom. The second kappa shape index (κ2) is 11.4. The van der Waals surface area contributed by atoms with Crippen LogP contribution in [0.3, 0.4) is 0 Å². The van der Waals surface area contributed by atoms with Gasteiger partial charge in [0.25, 0.3) is 5.91 Å². The van der Waals surface area contributed by atoms with E-state index in [1.165, 1.54) is 18.2 Å². The Hall–Kier alpha value is -3.70. The third-order valence-electron chi connectivity index (χ3n) is 6.34. The number of aliphatic hydroxyl groups is 1. The van der Waals surface area contributed by atoms with Gasteiger partial charge in [-0.1, -0.05) is 66.7 Å². The van der Waals surface area contributed by atoms with Crippen LogP contribution in [0, 0.1) is 0 Å². The highest BCUT2D eigenvalue weighted by molar-refractivity contribution is 6.03. The molecule has 3 unspecified atom stereocenters. The SMILES string of the molecule is CC(O)CNC(c1ccccc1)c1cccc(NC(=O)C2=CC(c3ccccc3CN)(C(F)(F)F)NN2)c1. The van der Waals surface area contributed by atoms with Crippen molar-refractivity contribution in [1.82, 2.24) is 16.2 Å². The Balaban J connectivity index is 1.61. The van der Waals surface area contributed by atoms with Crippen LogP contribution in [0.2, 0.25) is 0 Å². The number of anilines is 1. The molecule has 7 N–H and O–H groups in total. The number of amides is 1. The van der Waals surface area contributed by atoms with E-state index in [-0.39, 0.29) is 23.8 Å². The largest absolute Gasteiger partial charge is 0.416 e. The number of carbonyl (C=O) groups is 1. The van der Waals surface area contributed by atoms with E-state index in [1.807, 2.05) is 36.4 Å². The van der Waals surface area contributed by atoms with Crippen molar-refractivity contribution in [2.75, 3.05) is 11.9 Å². The van der Waals surface area contributed by atoms with Gasteiger partial charge in [0.1, 0.15) is 5.70 Å². The van der Waals surface area contributed by atoms with Crippen LogP contribution < -0.4 is 27.2 Å². The lowest BCUT2D eigenvalue weighted by Crippen LogP contribution is -2.53. The summed E-state index contributed by atoms with van der Waals surface area (Å²) in [7, 11) is 0. The standard InChI is InChI=1S/C28H30F3N5O2/c1-18(37)17-33-25(19-8-3-2-4-9-19)20-11-7-12-22(14-20)34-26(38)24-15-27(36-35-24,28(29,30)31)23-13-6-5-10-21(23)16-32/h2-15,18,25,33,35-37H,16-17,32H2,1H3,(H,34,38). The fraction of sp³-hybridized carbons (Fsp3) is 0.250. The number of benzene rings is 3. The Bertz CT molecular complexity index is 1300. The number of alkyl halides is 3. The molecule has 0 radical (unpaired) electrons. The van der Waals surface area contributed by atoms with Crippen molar-refractivity contribution in [3.63, 3.8) is 0 Å². The van der Waals surface area contributed by atoms with Gasteiger partial charge in [-0.25, -0.2) is 5.43 Å². The van der Waals surface area contributed by atoms with Crippen molar-refractivity contribution in [3.8, 4) is 0 Å². The predicted molar refractivity (Wildman–Crippen MR) is 139 cm³/mol. The van der Waals surface area contributed by atoms with E-state index in [9.17, 15) is 23.1 Å². The molecule has 38 heavy (non-hydrogen) atoms. The Labute approximate surface area is 218 Å². The maximum absolute atomic E-state index is 14.4. The molecule has 0 spiro atoms. The number of hydrogen-bond donors (Lipinski definition) is 6. The number of rotatable bonds is 9. The first-order chi connectivity index (χ1) is 18.1. The molecule has 7 nitrogen and oxygen atoms in total. The fourth-order valence-electron chi connectivity index (χ4n) is 4.47. The van der Waals surface area contributed by atoms with Crippen molar-refractivity contribution >= 4 is 11.6 Å². The molecule has 0 fully saturated rings. The number of halogens is 3. The topological polar surface area (TPSA) is 111 Å². The van der Waals surface area contributed by atoms with E-state index >= 15 is 0 Å². The third kappa shape index (κ3) is 5.73. The van der Waals surface area contributed by atoms with Crippen LogP contribution in [0.25, 0.3) is 0 Å². The highest BCUT2D eigenvalue weighted by Crippen LogP contribution is 2.43. The fourth-order valence-corrected chi connectivity index (χ4v) is 4.47. The first-order valence-electron chi connectivity index (χ1n) is 12.1. The Morgan fingerprint density at radius 3 is 2.39 bits per heavy atom. The summed E-state index contributed by atoms with van der Waals surface area (Å²) in [5.74, 6) is -0.737. The summed E-state index contributed by atoms with van der Waals surface area (Å²) in [5.41, 5.74) is 9.89. The van der Waals surface area contributed by atoms with Gasteiger partial charge in [0.15, 0.2) is 5.54 Å². The van der Waals surface area contributed by atoms with Crippen LogP contribution in [0.5, 0.6) is 0 Å². The summed E-state index contributed by atoms with van der Waals surface area (Å²) in [6, 6.07) is 22.3. The van der Waals surface area contributed by atoms with Crippen LogP contribution in [-0.4, -0.2) is 29.8 Å². The zero-order valence-corrected chi connectivity index (χ0v) is 20.7. The van der Waals surface area contributed by atoms with Gasteiger partial charge < -0.3 is 26.9 Å². The van der Waals surface area contributed by atoms with E-state index in [0.717, 1.165) is 17.2 Å². The molecule has 1 heterocycles. The lowest BCUT2D eigenvalue weighted by atomic mass is 9.86. The maximum atomic E-state index is 14.4. The van der Waals surface area contributed by atoms with Crippen molar-refractivity contribution in [2.24, 2.45) is 5.73 Å². The number of carbonyl (C=O) groups excluding carboxylic acids is 1. The third-order valence-corrected chi connectivity index (χ3v) is 6.34. The van der Waals surface area contributed by atoms with E-state index < -0.39 is 23.7 Å². The summed E-state index contributed by atoms with van der Waals surface area (Å²) in [6.45, 7) is 1.92. The molecule has 0 saturated heterocycles. The van der Waals surface area contributed by atoms with Gasteiger partial charge in [-0.05, 0) is 47.4 Å². The molecule has 4 rings (SSSR count). The Morgan fingerprint density at radius 1 is 1.03 bits per heavy atom. The zero-order valence-electron chi connectivity index (χ0n) is 20.7. The van der Waals surface area contributed by atoms with E-state index in [0.29, 0.717) is 17.8 Å². The smallest absolute Gasteiger partial charge is 0.392 e. The second-order valence-electron chi connectivity index (χ2n) is 9.16. The number of nitrogens with one attached hydrogen (secondary N) is 4. The Kier molecular flexibility index (Phi) is 8.17. The van der Waals surface area contributed by atoms with E-state index in [1.54, 1.807) is 31.2 Å². The molecule has 1 aliphatic heterocycles. The second-order valence-corrected chi connectivity index (χ2v) is 9.16. The van der Waals surface area contributed by atoms with Crippen molar-refractivity contribution in [1.29, 1.82) is 0 Å². The van der Waals surface area contributed by atoms with Crippen LogP contribution in [-0.2, 0) is 16.9 Å². The molecule has 0 aliphatic carbocycles. The highest BCUT2D eigenvalue weighted by Gasteiger charge is 2.58. The number of nitrogens with two attached hydrogens (primary N) is 1. The first kappa shape index (κ1) is 27.3. The molecule has 3 atom stereocenters. The molecular weight excluding hydrogens is 495 g/mol. The molecule has 3 aromatic carbocycles. The molecule has 1 amide bonds. The maximum Gasteiger partial charge on any atom is 0.416 e. The molecule has 1 aliphatic rings. The molecule has 0 aromatic heterocycles. The summed E-state index contributed by atoms with van der Waals surface area (Å²) in [4.78, 5) is 13.1. The van der Waals surface area contributed by atoms with Gasteiger partial charge in [-0.2, -0.15) is 13.2 Å². The number of aliphatic hydroxyl groups excluding tert-OH is 1. The minimum Gasteiger partial charge on any atom is -0.392 e. The summed E-state index contributed by atoms with van der Waals surface area (Å²) >= 11 is 0. The first-order valence-corrected chi connectivity index (χ1v) is 12.1. The quantitative estimate of drug-likeness (QED) is 0.255. The normalized spacial score (nSPS) is 18.8. The highest BCUT2D eigenvalue weighted by atomic mass is 19.4. The minimum atomic E-state index is -4.76. The van der Waals surface area contributed by atoms with Crippen LogP contribution in [0.1, 0.15) is 35.2 Å². The van der Waals surface area contributed by atoms with Gasteiger partial charge in [0, 0.05) is 18.8 Å². The molecule has 200 valence electrons. The van der Waals surface area contributed by atoms with Gasteiger partial charge in [-0.15, -0.1) is 0 Å². The minimum absolute atomic E-state index is 0.0813. The molecule has 3 aromatic rings. The van der Waals surface area contributed by atoms with Crippen molar-refractivity contribution in [3.05, 3.63) is 113 Å².